The smallest absolute Gasteiger partial charge is 0.255 e. The van der Waals surface area contributed by atoms with Gasteiger partial charge in [-0.25, -0.2) is 13.8 Å². The molecule has 1 aromatic rings. The molecule has 0 atom stereocenters. The van der Waals surface area contributed by atoms with Gasteiger partial charge in [-0.2, -0.15) is 0 Å². The van der Waals surface area contributed by atoms with Gasteiger partial charge in [0, 0.05) is 24.8 Å². The number of rotatable bonds is 7. The second-order valence-corrected chi connectivity index (χ2v) is 3.83. The van der Waals surface area contributed by atoms with Gasteiger partial charge in [0.15, 0.2) is 0 Å². The van der Waals surface area contributed by atoms with E-state index in [9.17, 15) is 13.6 Å². The molecule has 0 aliphatic carbocycles. The largest absolute Gasteiger partial charge is 0.395 e. The number of carbonyl (C=O) groups is 1. The molecule has 1 rings (SSSR count). The number of hydrogen-bond acceptors (Lipinski definition) is 4. The quantitative estimate of drug-likeness (QED) is 0.784. The zero-order chi connectivity index (χ0) is 14.3. The first-order chi connectivity index (χ1) is 9.08. The monoisotopic (exact) mass is 273 g/mol. The number of aliphatic hydroxyl groups excluding tert-OH is 1. The second-order valence-electron chi connectivity index (χ2n) is 3.83. The van der Waals surface area contributed by atoms with Crippen molar-refractivity contribution in [3.8, 4) is 0 Å². The van der Waals surface area contributed by atoms with Crippen molar-refractivity contribution in [1.82, 2.24) is 9.88 Å². The van der Waals surface area contributed by atoms with Crippen molar-refractivity contribution in [3.63, 3.8) is 0 Å². The first kappa shape index (κ1) is 15.3. The number of aliphatic hydroxyl groups is 1. The van der Waals surface area contributed by atoms with Crippen LogP contribution in [0.1, 0.15) is 17.3 Å². The number of nitrogens with one attached hydrogen (secondary N) is 1. The van der Waals surface area contributed by atoms with Gasteiger partial charge in [-0.05, 0) is 19.1 Å². The predicted molar refractivity (Wildman–Crippen MR) is 67.4 cm³/mol. The number of nitrogens with zero attached hydrogens (tertiary/aromatic N) is 2. The van der Waals surface area contributed by atoms with Gasteiger partial charge in [-0.1, -0.05) is 0 Å². The number of amides is 1. The van der Waals surface area contributed by atoms with E-state index >= 15 is 0 Å². The Balaban J connectivity index is 2.85. The van der Waals surface area contributed by atoms with Crippen LogP contribution in [0, 0.1) is 0 Å². The van der Waals surface area contributed by atoms with E-state index in [0.29, 0.717) is 12.4 Å². The summed E-state index contributed by atoms with van der Waals surface area (Å²) in [5, 5.41) is 11.8. The van der Waals surface area contributed by atoms with Gasteiger partial charge in [0.2, 0.25) is 0 Å². The Kier molecular flexibility index (Phi) is 6.14. The molecule has 0 aliphatic heterocycles. The highest BCUT2D eigenvalue weighted by Crippen LogP contribution is 2.11. The van der Waals surface area contributed by atoms with Crippen molar-refractivity contribution in [2.24, 2.45) is 0 Å². The number of hydrogen-bond donors (Lipinski definition) is 2. The Morgan fingerprint density at radius 1 is 1.58 bits per heavy atom. The Morgan fingerprint density at radius 3 is 2.89 bits per heavy atom. The molecule has 2 N–H and O–H groups in total. The van der Waals surface area contributed by atoms with Crippen molar-refractivity contribution in [3.05, 3.63) is 23.9 Å². The average molecular weight is 273 g/mol. The van der Waals surface area contributed by atoms with Crippen LogP contribution in [0.3, 0.4) is 0 Å². The van der Waals surface area contributed by atoms with Gasteiger partial charge >= 0.3 is 0 Å². The summed E-state index contributed by atoms with van der Waals surface area (Å²) in [6, 6.07) is 2.96. The number of halogens is 2. The normalized spacial score (nSPS) is 10.6. The van der Waals surface area contributed by atoms with Gasteiger partial charge in [-0.3, -0.25) is 4.79 Å². The summed E-state index contributed by atoms with van der Waals surface area (Å²) in [7, 11) is 0. The van der Waals surface area contributed by atoms with Crippen LogP contribution in [0.5, 0.6) is 0 Å². The molecule has 1 aromatic heterocycles. The van der Waals surface area contributed by atoms with E-state index in [1.54, 1.807) is 0 Å². The molecule has 0 bridgehead atoms. The number of pyridine rings is 1. The lowest BCUT2D eigenvalue weighted by Crippen LogP contribution is -2.37. The molecule has 5 nitrogen and oxygen atoms in total. The molecule has 0 aliphatic rings. The molecule has 0 radical (unpaired) electrons. The standard InChI is InChI=1S/C12H17F2N3O2/c1-2-15-11-7-9(3-4-16-11)12(19)17(5-6-18)8-10(13)14/h3-4,7,10,18H,2,5-6,8H2,1H3,(H,15,16). The minimum atomic E-state index is -2.63. The lowest BCUT2D eigenvalue weighted by atomic mass is 10.2. The molecule has 19 heavy (non-hydrogen) atoms. The maximum Gasteiger partial charge on any atom is 0.255 e. The molecule has 0 saturated heterocycles. The van der Waals surface area contributed by atoms with Gasteiger partial charge in [0.25, 0.3) is 12.3 Å². The van der Waals surface area contributed by atoms with Crippen LogP contribution in [0.15, 0.2) is 18.3 Å². The molecule has 0 aromatic carbocycles. The summed E-state index contributed by atoms with van der Waals surface area (Å²) in [5.74, 6) is -0.0368. The molecule has 0 fully saturated rings. The molecule has 0 spiro atoms. The summed E-state index contributed by atoms with van der Waals surface area (Å²) in [5.41, 5.74) is 0.264. The zero-order valence-corrected chi connectivity index (χ0v) is 10.6. The van der Waals surface area contributed by atoms with E-state index in [2.05, 4.69) is 10.3 Å². The molecular formula is C12H17F2N3O2. The van der Waals surface area contributed by atoms with Gasteiger partial charge in [0.05, 0.1) is 13.2 Å². The van der Waals surface area contributed by atoms with Crippen LogP contribution in [-0.2, 0) is 0 Å². The van der Waals surface area contributed by atoms with Crippen molar-refractivity contribution >= 4 is 11.7 Å². The van der Waals surface area contributed by atoms with E-state index in [1.165, 1.54) is 18.3 Å². The van der Waals surface area contributed by atoms with Crippen LogP contribution in [0.4, 0.5) is 14.6 Å². The molecule has 0 unspecified atom stereocenters. The molecule has 1 amide bonds. The van der Waals surface area contributed by atoms with Crippen LogP contribution < -0.4 is 5.32 Å². The summed E-state index contributed by atoms with van der Waals surface area (Å²) < 4.78 is 24.8. The minimum absolute atomic E-state index is 0.123. The summed E-state index contributed by atoms with van der Waals surface area (Å²) in [6.45, 7) is 1.34. The van der Waals surface area contributed by atoms with Crippen LogP contribution >= 0.6 is 0 Å². The number of aromatic nitrogens is 1. The fraction of sp³-hybridized carbons (Fsp3) is 0.500. The second kappa shape index (κ2) is 7.63. The van der Waals surface area contributed by atoms with Crippen molar-refractivity contribution in [2.45, 2.75) is 13.3 Å². The third-order valence-electron chi connectivity index (χ3n) is 2.38. The topological polar surface area (TPSA) is 65.5 Å². The Hall–Kier alpha value is -1.76. The maximum absolute atomic E-state index is 12.4. The molecule has 106 valence electrons. The first-order valence-electron chi connectivity index (χ1n) is 5.96. The molecular weight excluding hydrogens is 256 g/mol. The Bertz CT molecular complexity index is 416. The van der Waals surface area contributed by atoms with Crippen LogP contribution in [-0.4, -0.2) is 53.6 Å². The number of carbonyl (C=O) groups excluding carboxylic acids is 1. The summed E-state index contributed by atoms with van der Waals surface area (Å²) in [6.07, 6.45) is -1.20. The third-order valence-corrected chi connectivity index (χ3v) is 2.38. The van der Waals surface area contributed by atoms with Crippen molar-refractivity contribution in [1.29, 1.82) is 0 Å². The summed E-state index contributed by atoms with van der Waals surface area (Å²) >= 11 is 0. The maximum atomic E-state index is 12.4. The Morgan fingerprint density at radius 2 is 2.32 bits per heavy atom. The van der Waals surface area contributed by atoms with Crippen LogP contribution in [0.25, 0.3) is 0 Å². The van der Waals surface area contributed by atoms with E-state index in [1.807, 2.05) is 6.92 Å². The van der Waals surface area contributed by atoms with Gasteiger partial charge < -0.3 is 15.3 Å². The molecule has 0 saturated carbocycles. The van der Waals surface area contributed by atoms with E-state index < -0.39 is 18.9 Å². The molecule has 1 heterocycles. The van der Waals surface area contributed by atoms with Gasteiger partial charge in [-0.15, -0.1) is 0 Å². The lowest BCUT2D eigenvalue weighted by Gasteiger charge is -2.21. The first-order valence-corrected chi connectivity index (χ1v) is 5.96. The Labute approximate surface area is 110 Å². The van der Waals surface area contributed by atoms with Crippen molar-refractivity contribution in [2.75, 3.05) is 31.6 Å². The van der Waals surface area contributed by atoms with E-state index in [4.69, 9.17) is 5.11 Å². The highest BCUT2D eigenvalue weighted by molar-refractivity contribution is 5.94. The fourth-order valence-electron chi connectivity index (χ4n) is 1.59. The average Bonchev–Trinajstić information content (AvgIpc) is 2.37. The summed E-state index contributed by atoms with van der Waals surface area (Å²) in [4.78, 5) is 17.0. The van der Waals surface area contributed by atoms with Crippen LogP contribution in [0.2, 0.25) is 0 Å². The van der Waals surface area contributed by atoms with Crippen molar-refractivity contribution < 1.29 is 18.7 Å². The van der Waals surface area contributed by atoms with E-state index in [0.717, 1.165) is 4.90 Å². The number of anilines is 1. The third kappa shape index (κ3) is 4.78. The predicted octanol–water partition coefficient (Wildman–Crippen LogP) is 1.21. The fourth-order valence-corrected chi connectivity index (χ4v) is 1.59. The zero-order valence-electron chi connectivity index (χ0n) is 10.6. The van der Waals surface area contributed by atoms with Gasteiger partial charge in [0.1, 0.15) is 5.82 Å². The van der Waals surface area contributed by atoms with E-state index in [-0.39, 0.29) is 18.7 Å². The lowest BCUT2D eigenvalue weighted by molar-refractivity contribution is 0.0509. The highest BCUT2D eigenvalue weighted by Gasteiger charge is 2.19. The highest BCUT2D eigenvalue weighted by atomic mass is 19.3. The number of alkyl halides is 2. The minimum Gasteiger partial charge on any atom is -0.395 e. The SMILES string of the molecule is CCNc1cc(C(=O)N(CCO)CC(F)F)ccn1. The molecule has 7 heteroatoms.